The molecular weight excluding hydrogens is 482 g/mol. The molecule has 6 nitrogen and oxygen atoms in total. The van der Waals surface area contributed by atoms with Crippen LogP contribution in [0.25, 0.3) is 22.5 Å². The second-order valence-electron chi connectivity index (χ2n) is 7.98. The summed E-state index contributed by atoms with van der Waals surface area (Å²) in [5.41, 5.74) is 3.09. The van der Waals surface area contributed by atoms with Crippen molar-refractivity contribution in [1.82, 2.24) is 0 Å². The zero-order chi connectivity index (χ0) is 25.6. The Morgan fingerprint density at radius 1 is 0.865 bits per heavy atom. The molecule has 1 aromatic heterocycles. The molecular formula is C30H19N3O3S. The van der Waals surface area contributed by atoms with E-state index in [-0.39, 0.29) is 11.6 Å². The molecule has 4 aromatic carbocycles. The highest BCUT2D eigenvalue weighted by molar-refractivity contribution is 7.99. The van der Waals surface area contributed by atoms with Gasteiger partial charge in [0.05, 0.1) is 4.92 Å². The van der Waals surface area contributed by atoms with Crippen LogP contribution in [0.3, 0.4) is 0 Å². The number of nitro groups is 1. The smallest absolute Gasteiger partial charge is 0.270 e. The standard InChI is InChI=1S/C30H19N3O3S/c31-19-26-28(21-10-4-1-5-11-21)29(22-12-6-2-7-13-22)36-30(26)32-20-23-18-24(33(34)35)16-17-27(23)37-25-14-8-3-9-15-25/h1-18,20H. The fourth-order valence-electron chi connectivity index (χ4n) is 3.87. The Labute approximate surface area is 217 Å². The minimum Gasteiger partial charge on any atom is -0.436 e. The lowest BCUT2D eigenvalue weighted by Crippen LogP contribution is -1.92. The normalized spacial score (nSPS) is 10.9. The Morgan fingerprint density at radius 2 is 1.49 bits per heavy atom. The molecule has 0 radical (unpaired) electrons. The molecule has 5 aromatic rings. The van der Waals surface area contributed by atoms with Crippen molar-refractivity contribution in [3.05, 3.63) is 130 Å². The Kier molecular flexibility index (Phi) is 6.93. The Morgan fingerprint density at radius 3 is 2.11 bits per heavy atom. The van der Waals surface area contributed by atoms with Gasteiger partial charge in [0.25, 0.3) is 5.69 Å². The van der Waals surface area contributed by atoms with Crippen LogP contribution in [0, 0.1) is 21.4 Å². The van der Waals surface area contributed by atoms with Crippen molar-refractivity contribution in [2.45, 2.75) is 9.79 Å². The predicted molar refractivity (Wildman–Crippen MR) is 145 cm³/mol. The zero-order valence-corrected chi connectivity index (χ0v) is 20.3. The lowest BCUT2D eigenvalue weighted by molar-refractivity contribution is -0.384. The second-order valence-corrected chi connectivity index (χ2v) is 9.10. The van der Waals surface area contributed by atoms with Crippen molar-refractivity contribution in [2.24, 2.45) is 4.99 Å². The van der Waals surface area contributed by atoms with Crippen molar-refractivity contribution in [1.29, 1.82) is 5.26 Å². The van der Waals surface area contributed by atoms with Gasteiger partial charge in [0.1, 0.15) is 17.4 Å². The van der Waals surface area contributed by atoms with E-state index in [9.17, 15) is 15.4 Å². The van der Waals surface area contributed by atoms with Crippen LogP contribution >= 0.6 is 11.8 Å². The van der Waals surface area contributed by atoms with Crippen LogP contribution in [-0.4, -0.2) is 11.1 Å². The largest absolute Gasteiger partial charge is 0.436 e. The second kappa shape index (κ2) is 10.8. The molecule has 0 saturated carbocycles. The molecule has 0 spiro atoms. The summed E-state index contributed by atoms with van der Waals surface area (Å²) in [6.45, 7) is 0. The van der Waals surface area contributed by atoms with E-state index in [4.69, 9.17) is 4.42 Å². The quantitative estimate of drug-likeness (QED) is 0.127. The average Bonchev–Trinajstić information content (AvgIpc) is 3.32. The maximum Gasteiger partial charge on any atom is 0.270 e. The van der Waals surface area contributed by atoms with Gasteiger partial charge in [0, 0.05) is 44.8 Å². The van der Waals surface area contributed by atoms with E-state index in [2.05, 4.69) is 11.1 Å². The van der Waals surface area contributed by atoms with Gasteiger partial charge in [-0.1, -0.05) is 90.6 Å². The number of aliphatic imine (C=N–C) groups is 1. The number of nitrogens with zero attached hydrogens (tertiary/aromatic N) is 3. The fourth-order valence-corrected chi connectivity index (χ4v) is 4.79. The van der Waals surface area contributed by atoms with E-state index in [1.54, 1.807) is 6.07 Å². The molecule has 5 rings (SSSR count). The summed E-state index contributed by atoms with van der Waals surface area (Å²) in [7, 11) is 0. The molecule has 0 amide bonds. The van der Waals surface area contributed by atoms with E-state index in [0.29, 0.717) is 22.5 Å². The van der Waals surface area contributed by atoms with Crippen LogP contribution < -0.4 is 0 Å². The van der Waals surface area contributed by atoms with Crippen LogP contribution in [0.2, 0.25) is 0 Å². The van der Waals surface area contributed by atoms with Crippen molar-refractivity contribution in [3.63, 3.8) is 0 Å². The van der Waals surface area contributed by atoms with Crippen LogP contribution in [0.1, 0.15) is 11.1 Å². The number of non-ortho nitro benzene ring substituents is 1. The van der Waals surface area contributed by atoms with E-state index in [1.807, 2.05) is 91.0 Å². The lowest BCUT2D eigenvalue weighted by atomic mass is 9.98. The van der Waals surface area contributed by atoms with Gasteiger partial charge in [-0.05, 0) is 23.8 Å². The van der Waals surface area contributed by atoms with Crippen LogP contribution in [-0.2, 0) is 0 Å². The molecule has 0 saturated heterocycles. The Balaban J connectivity index is 1.63. The molecule has 0 N–H and O–H groups in total. The molecule has 0 atom stereocenters. The third kappa shape index (κ3) is 5.20. The molecule has 0 aliphatic carbocycles. The summed E-state index contributed by atoms with van der Waals surface area (Å²) in [4.78, 5) is 17.3. The van der Waals surface area contributed by atoms with Crippen molar-refractivity contribution < 1.29 is 9.34 Å². The van der Waals surface area contributed by atoms with E-state index in [0.717, 1.165) is 20.9 Å². The molecule has 0 aliphatic rings. The maximum atomic E-state index is 11.5. The first-order valence-electron chi connectivity index (χ1n) is 11.4. The molecule has 0 fully saturated rings. The van der Waals surface area contributed by atoms with Gasteiger partial charge in [-0.25, -0.2) is 4.99 Å². The van der Waals surface area contributed by atoms with Crippen molar-refractivity contribution >= 4 is 29.5 Å². The first-order chi connectivity index (χ1) is 18.1. The first kappa shape index (κ1) is 23.8. The Hall–Kier alpha value is -4.93. The van der Waals surface area contributed by atoms with Gasteiger partial charge in [-0.15, -0.1) is 0 Å². The highest BCUT2D eigenvalue weighted by Gasteiger charge is 2.22. The number of rotatable bonds is 7. The van der Waals surface area contributed by atoms with E-state index < -0.39 is 4.92 Å². The zero-order valence-electron chi connectivity index (χ0n) is 19.4. The number of hydrogen-bond donors (Lipinski definition) is 0. The number of nitriles is 1. The summed E-state index contributed by atoms with van der Waals surface area (Å²) in [5, 5.41) is 21.6. The molecule has 37 heavy (non-hydrogen) atoms. The summed E-state index contributed by atoms with van der Waals surface area (Å²) in [6.07, 6.45) is 1.52. The van der Waals surface area contributed by atoms with Crippen molar-refractivity contribution in [3.8, 4) is 28.5 Å². The average molecular weight is 502 g/mol. The summed E-state index contributed by atoms with van der Waals surface area (Å²) < 4.78 is 6.17. The minimum atomic E-state index is -0.442. The van der Waals surface area contributed by atoms with Gasteiger partial charge in [0.15, 0.2) is 0 Å². The first-order valence-corrected chi connectivity index (χ1v) is 12.2. The van der Waals surface area contributed by atoms with Crippen LogP contribution in [0.5, 0.6) is 0 Å². The SMILES string of the molecule is N#Cc1c(N=Cc2cc([N+](=O)[O-])ccc2Sc2ccccc2)oc(-c2ccccc2)c1-c1ccccc1. The molecule has 0 aliphatic heterocycles. The van der Waals surface area contributed by atoms with Gasteiger partial charge < -0.3 is 4.42 Å². The Bertz CT molecular complexity index is 1620. The minimum absolute atomic E-state index is 0.0474. The van der Waals surface area contributed by atoms with Crippen LogP contribution in [0.15, 0.2) is 128 Å². The summed E-state index contributed by atoms with van der Waals surface area (Å²) >= 11 is 1.47. The van der Waals surface area contributed by atoms with Gasteiger partial charge >= 0.3 is 0 Å². The molecule has 178 valence electrons. The monoisotopic (exact) mass is 501 g/mol. The fraction of sp³-hybridized carbons (Fsp3) is 0. The lowest BCUT2D eigenvalue weighted by Gasteiger charge is -2.05. The number of furan rings is 1. The maximum absolute atomic E-state index is 11.5. The van der Waals surface area contributed by atoms with Crippen LogP contribution in [0.4, 0.5) is 11.6 Å². The molecule has 0 unspecified atom stereocenters. The number of benzene rings is 4. The van der Waals surface area contributed by atoms with Gasteiger partial charge in [0.2, 0.25) is 5.88 Å². The van der Waals surface area contributed by atoms with E-state index >= 15 is 0 Å². The number of hydrogen-bond acceptors (Lipinski definition) is 6. The summed E-state index contributed by atoms with van der Waals surface area (Å²) in [5.74, 6) is 0.677. The van der Waals surface area contributed by atoms with Crippen molar-refractivity contribution in [2.75, 3.05) is 0 Å². The molecule has 0 bridgehead atoms. The van der Waals surface area contributed by atoms with Gasteiger partial charge in [-0.3, -0.25) is 10.1 Å². The molecule has 7 heteroatoms. The predicted octanol–water partition coefficient (Wildman–Crippen LogP) is 8.30. The molecule has 1 heterocycles. The summed E-state index contributed by atoms with van der Waals surface area (Å²) in [6, 6.07) is 35.7. The number of nitro benzene ring substituents is 1. The highest BCUT2D eigenvalue weighted by atomic mass is 32.2. The highest BCUT2D eigenvalue weighted by Crippen LogP contribution is 2.42. The van der Waals surface area contributed by atoms with Gasteiger partial charge in [-0.2, -0.15) is 5.26 Å². The van der Waals surface area contributed by atoms with E-state index in [1.165, 1.54) is 30.1 Å². The third-order valence-electron chi connectivity index (χ3n) is 5.60. The third-order valence-corrected chi connectivity index (χ3v) is 6.70. The topological polar surface area (TPSA) is 92.4 Å².